The van der Waals surface area contributed by atoms with E-state index in [4.69, 9.17) is 37.0 Å². The van der Waals surface area contributed by atoms with Gasteiger partial charge in [0.2, 0.25) is 0 Å². The Morgan fingerprint density at radius 2 is 0.549 bits per heavy atom. The highest BCUT2D eigenvalue weighted by atomic mass is 31.2. The van der Waals surface area contributed by atoms with Crippen molar-refractivity contribution in [2.24, 2.45) is 0 Å². The predicted molar refractivity (Wildman–Crippen MR) is 417 cm³/mol. The van der Waals surface area contributed by atoms with Crippen molar-refractivity contribution in [3.05, 3.63) is 146 Å². The van der Waals surface area contributed by atoms with Crippen LogP contribution in [-0.4, -0.2) is 96.7 Å². The van der Waals surface area contributed by atoms with Gasteiger partial charge in [-0.25, -0.2) is 9.13 Å². The summed E-state index contributed by atoms with van der Waals surface area (Å²) in [5, 5.41) is 10.6. The van der Waals surface area contributed by atoms with Crippen LogP contribution in [0.5, 0.6) is 0 Å². The fourth-order valence-corrected chi connectivity index (χ4v) is 11.5. The third-order valence-corrected chi connectivity index (χ3v) is 17.7. The summed E-state index contributed by atoms with van der Waals surface area (Å²) in [6.07, 6.45) is 84.3. The highest BCUT2D eigenvalue weighted by molar-refractivity contribution is 7.47. The first kappa shape index (κ1) is 96.9. The predicted octanol–water partition coefficient (Wildman–Crippen LogP) is 22.7. The molecule has 0 aromatic heterocycles. The minimum atomic E-state index is -5.00. The van der Waals surface area contributed by atoms with E-state index in [2.05, 4.69) is 143 Å². The van der Waals surface area contributed by atoms with E-state index in [1.165, 1.54) is 77.0 Å². The summed E-state index contributed by atoms with van der Waals surface area (Å²) in [7, 11) is -9.99. The molecule has 5 unspecified atom stereocenters. The summed E-state index contributed by atoms with van der Waals surface area (Å²) in [5.41, 5.74) is 0. The van der Waals surface area contributed by atoms with Crippen molar-refractivity contribution in [2.45, 2.75) is 316 Å². The molecule has 0 bridgehead atoms. The van der Waals surface area contributed by atoms with Crippen LogP contribution in [0.25, 0.3) is 0 Å². The molecule has 0 aliphatic carbocycles. The fraction of sp³-hybridized carbons (Fsp3) is 0.663. The third-order valence-electron chi connectivity index (χ3n) is 15.8. The van der Waals surface area contributed by atoms with Crippen LogP contribution >= 0.6 is 15.6 Å². The lowest BCUT2D eigenvalue weighted by atomic mass is 10.0. The maximum Gasteiger partial charge on any atom is 0.472 e. The molecule has 0 aromatic rings. The SMILES string of the molecule is CC/C=C\C/C=C\C/C=C\C/C=C\C/C=C\C/C=C\CCC(=O)OCC(COP(=O)(O)OCC(O)COP(=O)(O)OCC(COC(=O)CCC/C=C\C/C=C\C/C=C\C/C=C\C/C=C\CC)OC(=O)CCCCCCCCCCCCCCCCC)OC(=O)CCCCCCC/C=C\CCCC. The number of hydrogen-bond donors (Lipinski definition) is 3. The zero-order valence-corrected chi connectivity index (χ0v) is 65.3. The number of aliphatic hydroxyl groups is 1. The van der Waals surface area contributed by atoms with E-state index < -0.39 is 97.5 Å². The fourth-order valence-electron chi connectivity index (χ4n) is 9.91. The van der Waals surface area contributed by atoms with Gasteiger partial charge in [-0.2, -0.15) is 0 Å². The number of esters is 4. The quantitative estimate of drug-likeness (QED) is 0.0169. The molecule has 0 aliphatic heterocycles. The number of rotatable bonds is 72. The van der Waals surface area contributed by atoms with Crippen LogP contribution in [0.1, 0.15) is 297 Å². The van der Waals surface area contributed by atoms with E-state index >= 15 is 0 Å². The number of carbonyl (C=O) groups is 4. The Morgan fingerprint density at radius 1 is 0.284 bits per heavy atom. The Kier molecular flexibility index (Phi) is 70.5. The summed E-state index contributed by atoms with van der Waals surface area (Å²) >= 11 is 0. The van der Waals surface area contributed by atoms with Crippen LogP contribution in [0.4, 0.5) is 0 Å². The van der Waals surface area contributed by atoms with Crippen molar-refractivity contribution in [1.82, 2.24) is 0 Å². The molecule has 0 radical (unpaired) electrons. The van der Waals surface area contributed by atoms with Gasteiger partial charge in [0, 0.05) is 25.7 Å². The van der Waals surface area contributed by atoms with E-state index in [0.29, 0.717) is 38.5 Å². The van der Waals surface area contributed by atoms with Gasteiger partial charge < -0.3 is 33.8 Å². The molecule has 102 heavy (non-hydrogen) atoms. The van der Waals surface area contributed by atoms with Gasteiger partial charge in [-0.3, -0.25) is 37.3 Å². The summed E-state index contributed by atoms with van der Waals surface area (Å²) < 4.78 is 68.4. The lowest BCUT2D eigenvalue weighted by Crippen LogP contribution is -2.30. The van der Waals surface area contributed by atoms with E-state index in [0.717, 1.165) is 128 Å². The zero-order chi connectivity index (χ0) is 74.6. The molecule has 0 rings (SSSR count). The summed E-state index contributed by atoms with van der Waals surface area (Å²) in [5.74, 6) is -2.35. The molecule has 0 saturated heterocycles. The molecule has 0 heterocycles. The molecule has 3 N–H and O–H groups in total. The van der Waals surface area contributed by atoms with Gasteiger partial charge >= 0.3 is 39.5 Å². The number of allylic oxidation sites excluding steroid dienone is 24. The highest BCUT2D eigenvalue weighted by Crippen LogP contribution is 2.45. The van der Waals surface area contributed by atoms with E-state index in [1.807, 2.05) is 30.4 Å². The number of carbonyl (C=O) groups excluding carboxylic acids is 4. The molecule has 19 heteroatoms. The number of unbranched alkanes of at least 4 members (excludes halogenated alkanes) is 22. The van der Waals surface area contributed by atoms with Gasteiger partial charge in [-0.05, 0) is 122 Å². The first-order valence-electron chi connectivity index (χ1n) is 39.1. The molecule has 0 fully saturated rings. The van der Waals surface area contributed by atoms with Gasteiger partial charge in [0.05, 0.1) is 26.4 Å². The second-order valence-electron chi connectivity index (χ2n) is 25.5. The molecule has 5 atom stereocenters. The Hall–Kier alpha value is -5.06. The number of aliphatic hydroxyl groups excluding tert-OH is 1. The van der Waals surface area contributed by atoms with Crippen LogP contribution in [0, 0.1) is 0 Å². The average Bonchev–Trinajstić information content (AvgIpc) is 0.926. The minimum Gasteiger partial charge on any atom is -0.462 e. The number of phosphoric ester groups is 2. The van der Waals surface area contributed by atoms with Crippen LogP contribution in [0.2, 0.25) is 0 Å². The van der Waals surface area contributed by atoms with Crippen molar-refractivity contribution in [1.29, 1.82) is 0 Å². The topological polar surface area (TPSA) is 237 Å². The Morgan fingerprint density at radius 3 is 0.912 bits per heavy atom. The van der Waals surface area contributed by atoms with Crippen LogP contribution < -0.4 is 0 Å². The lowest BCUT2D eigenvalue weighted by molar-refractivity contribution is -0.161. The molecule has 0 aromatic carbocycles. The summed E-state index contributed by atoms with van der Waals surface area (Å²) in [6, 6.07) is 0. The lowest BCUT2D eigenvalue weighted by Gasteiger charge is -2.21. The van der Waals surface area contributed by atoms with Gasteiger partial charge in [0.15, 0.2) is 12.2 Å². The molecule has 17 nitrogen and oxygen atoms in total. The Balaban J connectivity index is 5.43. The maximum absolute atomic E-state index is 13.1. The highest BCUT2D eigenvalue weighted by Gasteiger charge is 2.30. The van der Waals surface area contributed by atoms with Gasteiger partial charge in [-0.1, -0.05) is 296 Å². The number of phosphoric acid groups is 2. The smallest absolute Gasteiger partial charge is 0.462 e. The summed E-state index contributed by atoms with van der Waals surface area (Å²) in [6.45, 7) is 4.45. The summed E-state index contributed by atoms with van der Waals surface area (Å²) in [4.78, 5) is 72.8. The molecule has 0 spiro atoms. The molecular formula is C83H138O17P2. The van der Waals surface area contributed by atoms with Crippen molar-refractivity contribution < 1.29 is 80.2 Å². The standard InChI is InChI=1S/C83H138O17P2/c1-5-9-13-17-21-25-29-32-35-37-38-40-43-45-49-52-56-60-64-68-80(85)93-73-78(99-82(87)69-65-61-57-53-47-28-24-20-16-12-8-4)75-97-101(89,90)95-71-77(84)72-96-102(91,92)98-76-79(100-83(88)70-66-62-58-54-50-46-41-34-31-27-23-19-15-11-7-3)74-94-81(86)67-63-59-55-51-48-44-42-39-36-33-30-26-22-18-14-10-6-2/h9-10,13-14,20-22,24-26,32-33,35-36,38,40,42,44-45,49,51,55-56,60,77-79,84H,5-8,11-12,15-19,23,27-31,34,37,39,41,43,46-48,50,52-54,57-59,61-76H2,1-4H3,(H,89,90)(H,91,92)/b13-9-,14-10-,24-20-,25-21-,26-22-,35-32-,36-33-,40-38-,44-42-,49-45-,55-51-,60-56-. The second-order valence-corrected chi connectivity index (χ2v) is 28.4. The van der Waals surface area contributed by atoms with Crippen molar-refractivity contribution in [3.8, 4) is 0 Å². The Labute approximate surface area is 617 Å². The van der Waals surface area contributed by atoms with Crippen molar-refractivity contribution >= 4 is 39.5 Å². The zero-order valence-electron chi connectivity index (χ0n) is 63.5. The maximum atomic E-state index is 13.1. The van der Waals surface area contributed by atoms with Gasteiger partial charge in [0.1, 0.15) is 19.3 Å². The van der Waals surface area contributed by atoms with E-state index in [1.54, 1.807) is 0 Å². The van der Waals surface area contributed by atoms with Gasteiger partial charge in [-0.15, -0.1) is 0 Å². The van der Waals surface area contributed by atoms with Crippen LogP contribution in [-0.2, 0) is 65.4 Å². The van der Waals surface area contributed by atoms with E-state index in [9.17, 15) is 43.2 Å². The number of ether oxygens (including phenoxy) is 4. The first-order chi connectivity index (χ1) is 49.7. The van der Waals surface area contributed by atoms with Crippen molar-refractivity contribution in [2.75, 3.05) is 39.6 Å². The van der Waals surface area contributed by atoms with Crippen LogP contribution in [0.15, 0.2) is 146 Å². The van der Waals surface area contributed by atoms with Crippen LogP contribution in [0.3, 0.4) is 0 Å². The molecule has 0 amide bonds. The minimum absolute atomic E-state index is 0.0303. The third kappa shape index (κ3) is 73.3. The monoisotopic (exact) mass is 1470 g/mol. The first-order valence-corrected chi connectivity index (χ1v) is 42.1. The van der Waals surface area contributed by atoms with E-state index in [-0.39, 0.29) is 25.7 Å². The van der Waals surface area contributed by atoms with Crippen molar-refractivity contribution in [3.63, 3.8) is 0 Å². The molecule has 0 aliphatic rings. The molecular weight excluding hydrogens is 1330 g/mol. The molecule has 0 saturated carbocycles. The average molecular weight is 1470 g/mol. The van der Waals surface area contributed by atoms with Gasteiger partial charge in [0.25, 0.3) is 0 Å². The Bertz CT molecular complexity index is 2510. The second kappa shape index (κ2) is 74.2. The largest absolute Gasteiger partial charge is 0.472 e. The normalized spacial score (nSPS) is 14.7. The number of hydrogen-bond acceptors (Lipinski definition) is 15. The molecule has 582 valence electrons.